The van der Waals surface area contributed by atoms with Gasteiger partial charge in [0.1, 0.15) is 0 Å². The molecule has 0 amide bonds. The second-order valence-corrected chi connectivity index (χ2v) is 3.71. The van der Waals surface area contributed by atoms with E-state index in [0.717, 1.165) is 23.5 Å². The van der Waals surface area contributed by atoms with E-state index in [0.29, 0.717) is 19.9 Å². The Kier molecular flexibility index (Phi) is 2.04. The standard InChI is InChI=1S/C11H13NO3/c12-5-10-7-1-2-9-11(15-6-14-9)8(7)3-4-13-10/h1-2,10H,3-6,12H2/t10-/m1/s1. The summed E-state index contributed by atoms with van der Waals surface area (Å²) in [5, 5.41) is 0. The van der Waals surface area contributed by atoms with E-state index in [-0.39, 0.29) is 6.10 Å². The van der Waals surface area contributed by atoms with Crippen molar-refractivity contribution in [2.75, 3.05) is 19.9 Å². The van der Waals surface area contributed by atoms with E-state index in [1.807, 2.05) is 12.1 Å². The van der Waals surface area contributed by atoms with Gasteiger partial charge in [-0.3, -0.25) is 0 Å². The summed E-state index contributed by atoms with van der Waals surface area (Å²) < 4.78 is 16.4. The SMILES string of the molecule is NC[C@H]1OCCc2c1ccc1c2OCO1. The van der Waals surface area contributed by atoms with E-state index >= 15 is 0 Å². The third-order valence-electron chi connectivity index (χ3n) is 2.91. The van der Waals surface area contributed by atoms with E-state index in [1.54, 1.807) is 0 Å². The molecule has 1 aromatic carbocycles. The van der Waals surface area contributed by atoms with E-state index in [1.165, 1.54) is 5.56 Å². The van der Waals surface area contributed by atoms with Crippen LogP contribution in [0.5, 0.6) is 11.5 Å². The fourth-order valence-corrected chi connectivity index (χ4v) is 2.19. The molecule has 0 spiro atoms. The fraction of sp³-hybridized carbons (Fsp3) is 0.455. The molecule has 80 valence electrons. The van der Waals surface area contributed by atoms with Crippen molar-refractivity contribution in [1.82, 2.24) is 0 Å². The lowest BCUT2D eigenvalue weighted by molar-refractivity contribution is 0.0476. The second kappa shape index (κ2) is 3.40. The van der Waals surface area contributed by atoms with E-state index in [4.69, 9.17) is 19.9 Å². The first kappa shape index (κ1) is 9.00. The van der Waals surface area contributed by atoms with Crippen LogP contribution in [0.2, 0.25) is 0 Å². The van der Waals surface area contributed by atoms with Crippen LogP contribution in [-0.4, -0.2) is 19.9 Å². The summed E-state index contributed by atoms with van der Waals surface area (Å²) in [5.41, 5.74) is 8.01. The molecular weight excluding hydrogens is 194 g/mol. The number of nitrogens with two attached hydrogens (primary N) is 1. The van der Waals surface area contributed by atoms with E-state index in [9.17, 15) is 0 Å². The van der Waals surface area contributed by atoms with Crippen LogP contribution >= 0.6 is 0 Å². The normalized spacial score (nSPS) is 22.6. The van der Waals surface area contributed by atoms with Crippen molar-refractivity contribution < 1.29 is 14.2 Å². The maximum absolute atomic E-state index is 5.67. The number of fused-ring (bicyclic) bond motifs is 3. The molecule has 2 aliphatic heterocycles. The van der Waals surface area contributed by atoms with Gasteiger partial charge in [0.15, 0.2) is 11.5 Å². The Hall–Kier alpha value is -1.26. The zero-order chi connectivity index (χ0) is 10.3. The Balaban J connectivity index is 2.11. The van der Waals surface area contributed by atoms with Crippen LogP contribution in [0, 0.1) is 0 Å². The maximum atomic E-state index is 5.67. The summed E-state index contributed by atoms with van der Waals surface area (Å²) in [6, 6.07) is 3.96. The number of hydrogen-bond acceptors (Lipinski definition) is 4. The van der Waals surface area contributed by atoms with Gasteiger partial charge in [0.25, 0.3) is 0 Å². The van der Waals surface area contributed by atoms with Gasteiger partial charge in [-0.2, -0.15) is 0 Å². The molecule has 0 saturated carbocycles. The van der Waals surface area contributed by atoms with Crippen LogP contribution < -0.4 is 15.2 Å². The second-order valence-electron chi connectivity index (χ2n) is 3.71. The minimum atomic E-state index is 0.00301. The Morgan fingerprint density at radius 3 is 3.13 bits per heavy atom. The van der Waals surface area contributed by atoms with Crippen molar-refractivity contribution >= 4 is 0 Å². The molecule has 15 heavy (non-hydrogen) atoms. The highest BCUT2D eigenvalue weighted by Crippen LogP contribution is 2.41. The maximum Gasteiger partial charge on any atom is 0.231 e. The van der Waals surface area contributed by atoms with E-state index < -0.39 is 0 Å². The molecule has 0 aromatic heterocycles. The molecule has 0 aliphatic carbocycles. The zero-order valence-corrected chi connectivity index (χ0v) is 8.36. The number of rotatable bonds is 1. The molecule has 1 aromatic rings. The summed E-state index contributed by atoms with van der Waals surface area (Å²) in [6.45, 7) is 1.53. The minimum Gasteiger partial charge on any atom is -0.454 e. The van der Waals surface area contributed by atoms with Crippen molar-refractivity contribution in [3.05, 3.63) is 23.3 Å². The number of benzene rings is 1. The van der Waals surface area contributed by atoms with Gasteiger partial charge in [-0.25, -0.2) is 0 Å². The lowest BCUT2D eigenvalue weighted by Crippen LogP contribution is -2.23. The average Bonchev–Trinajstić information content (AvgIpc) is 2.76. The summed E-state index contributed by atoms with van der Waals surface area (Å²) in [6.07, 6.45) is 0.876. The van der Waals surface area contributed by atoms with Crippen molar-refractivity contribution in [2.24, 2.45) is 5.73 Å². The molecule has 0 bridgehead atoms. The topological polar surface area (TPSA) is 53.7 Å². The van der Waals surface area contributed by atoms with Gasteiger partial charge in [-0.1, -0.05) is 6.07 Å². The smallest absolute Gasteiger partial charge is 0.231 e. The fourth-order valence-electron chi connectivity index (χ4n) is 2.19. The van der Waals surface area contributed by atoms with Gasteiger partial charge in [-0.15, -0.1) is 0 Å². The van der Waals surface area contributed by atoms with Crippen LogP contribution in [0.15, 0.2) is 12.1 Å². The molecule has 0 saturated heterocycles. The summed E-state index contributed by atoms with van der Waals surface area (Å²) in [7, 11) is 0. The lowest BCUT2D eigenvalue weighted by Gasteiger charge is -2.25. The monoisotopic (exact) mass is 207 g/mol. The molecule has 4 heteroatoms. The van der Waals surface area contributed by atoms with Crippen LogP contribution in [0.3, 0.4) is 0 Å². The molecule has 0 fully saturated rings. The molecular formula is C11H13NO3. The summed E-state index contributed by atoms with van der Waals surface area (Å²) in [5.74, 6) is 1.72. The number of ether oxygens (including phenoxy) is 3. The Bertz CT molecular complexity index is 392. The van der Waals surface area contributed by atoms with Gasteiger partial charge >= 0.3 is 0 Å². The Morgan fingerprint density at radius 1 is 1.33 bits per heavy atom. The molecule has 2 heterocycles. The van der Waals surface area contributed by atoms with Gasteiger partial charge in [0.05, 0.1) is 12.7 Å². The first-order chi connectivity index (χ1) is 7.40. The molecule has 0 unspecified atom stereocenters. The largest absolute Gasteiger partial charge is 0.454 e. The highest BCUT2D eigenvalue weighted by Gasteiger charge is 2.27. The summed E-state index contributed by atoms with van der Waals surface area (Å²) >= 11 is 0. The van der Waals surface area contributed by atoms with Crippen LogP contribution in [-0.2, 0) is 11.2 Å². The molecule has 1 atom stereocenters. The zero-order valence-electron chi connectivity index (χ0n) is 8.36. The lowest BCUT2D eigenvalue weighted by atomic mass is 9.96. The van der Waals surface area contributed by atoms with Crippen molar-refractivity contribution in [2.45, 2.75) is 12.5 Å². The van der Waals surface area contributed by atoms with Crippen molar-refractivity contribution in [3.63, 3.8) is 0 Å². The number of hydrogen-bond donors (Lipinski definition) is 1. The van der Waals surface area contributed by atoms with Crippen molar-refractivity contribution in [3.8, 4) is 11.5 Å². The van der Waals surface area contributed by atoms with Gasteiger partial charge in [-0.05, 0) is 18.1 Å². The Morgan fingerprint density at radius 2 is 2.27 bits per heavy atom. The third kappa shape index (κ3) is 1.29. The van der Waals surface area contributed by atoms with Gasteiger partial charge in [0.2, 0.25) is 6.79 Å². The molecule has 4 nitrogen and oxygen atoms in total. The van der Waals surface area contributed by atoms with Gasteiger partial charge in [0, 0.05) is 12.1 Å². The highest BCUT2D eigenvalue weighted by atomic mass is 16.7. The molecule has 0 radical (unpaired) electrons. The molecule has 2 N–H and O–H groups in total. The van der Waals surface area contributed by atoms with E-state index in [2.05, 4.69) is 0 Å². The average molecular weight is 207 g/mol. The first-order valence-electron chi connectivity index (χ1n) is 5.13. The van der Waals surface area contributed by atoms with Crippen LogP contribution in [0.1, 0.15) is 17.2 Å². The van der Waals surface area contributed by atoms with Crippen LogP contribution in [0.4, 0.5) is 0 Å². The van der Waals surface area contributed by atoms with Crippen LogP contribution in [0.25, 0.3) is 0 Å². The molecule has 3 rings (SSSR count). The molecule has 2 aliphatic rings. The third-order valence-corrected chi connectivity index (χ3v) is 2.91. The quantitative estimate of drug-likeness (QED) is 0.746. The van der Waals surface area contributed by atoms with Gasteiger partial charge < -0.3 is 19.9 Å². The van der Waals surface area contributed by atoms with Crippen molar-refractivity contribution in [1.29, 1.82) is 0 Å². The predicted octanol–water partition coefficient (Wildman–Crippen LogP) is 0.988. The summed E-state index contributed by atoms with van der Waals surface area (Å²) in [4.78, 5) is 0. The first-order valence-corrected chi connectivity index (χ1v) is 5.13. The highest BCUT2D eigenvalue weighted by molar-refractivity contribution is 5.53. The minimum absolute atomic E-state index is 0.00301. The predicted molar refractivity (Wildman–Crippen MR) is 54.0 cm³/mol. The Labute approximate surface area is 87.9 Å².